The van der Waals surface area contributed by atoms with Crippen LogP contribution in [-0.4, -0.2) is 52.4 Å². The standard InChI is InChI=1S/C28H27N3O5/c1-35-25-11-10-19(15-26(25)36-2)24-7-5-3-4-6-22-16-23(29-31(22)24)27(32)30-13-12-18-8-9-20(28(33)34)14-21(18)17-30/h3,5,7-11,14-16H,4,6,12-13,17H2,1-2H3,(H,33,34)/b5-3-,24-7-. The first-order valence-electron chi connectivity index (χ1n) is 11.8. The number of nitrogens with zero attached hydrogens (tertiary/aromatic N) is 3. The number of benzene rings is 2. The second kappa shape index (κ2) is 9.73. The van der Waals surface area contributed by atoms with Crippen LogP contribution in [0.4, 0.5) is 0 Å². The number of amides is 1. The molecule has 0 unspecified atom stereocenters. The quantitative estimate of drug-likeness (QED) is 0.583. The number of methoxy groups -OCH3 is 2. The van der Waals surface area contributed by atoms with E-state index in [9.17, 15) is 14.7 Å². The third-order valence-electron chi connectivity index (χ3n) is 6.62. The van der Waals surface area contributed by atoms with E-state index in [-0.39, 0.29) is 11.5 Å². The predicted octanol–water partition coefficient (Wildman–Crippen LogP) is 4.19. The van der Waals surface area contributed by atoms with Crippen LogP contribution < -0.4 is 9.47 Å². The van der Waals surface area contributed by atoms with Crippen LogP contribution in [0.1, 0.15) is 49.7 Å². The molecule has 5 rings (SSSR count). The molecule has 2 aliphatic rings. The van der Waals surface area contributed by atoms with E-state index >= 15 is 0 Å². The highest BCUT2D eigenvalue weighted by Gasteiger charge is 2.26. The van der Waals surface area contributed by atoms with Crippen molar-refractivity contribution in [2.24, 2.45) is 0 Å². The Labute approximate surface area is 209 Å². The normalized spacial score (nSPS) is 17.1. The van der Waals surface area contributed by atoms with Crippen molar-refractivity contribution in [1.29, 1.82) is 0 Å². The fourth-order valence-electron chi connectivity index (χ4n) is 4.71. The number of carboxylic acids is 1. The number of allylic oxidation sites excluding steroid dienone is 3. The van der Waals surface area contributed by atoms with Gasteiger partial charge in [-0.3, -0.25) is 4.79 Å². The number of hydrogen-bond donors (Lipinski definition) is 1. The molecule has 0 spiro atoms. The zero-order valence-electron chi connectivity index (χ0n) is 20.2. The van der Waals surface area contributed by atoms with Crippen molar-refractivity contribution in [3.05, 3.63) is 94.3 Å². The van der Waals surface area contributed by atoms with Crippen LogP contribution in [0.15, 0.2) is 60.7 Å². The minimum Gasteiger partial charge on any atom is -0.493 e. The third kappa shape index (κ3) is 4.37. The van der Waals surface area contributed by atoms with Gasteiger partial charge in [0.25, 0.3) is 5.91 Å². The highest BCUT2D eigenvalue weighted by molar-refractivity contribution is 5.93. The lowest BCUT2D eigenvalue weighted by Gasteiger charge is -2.28. The van der Waals surface area contributed by atoms with Gasteiger partial charge in [-0.1, -0.05) is 18.2 Å². The molecule has 0 aliphatic carbocycles. The average Bonchev–Trinajstić information content (AvgIpc) is 3.30. The van der Waals surface area contributed by atoms with Crippen molar-refractivity contribution < 1.29 is 24.2 Å². The lowest BCUT2D eigenvalue weighted by atomic mass is 9.97. The Balaban J connectivity index is 1.47. The minimum atomic E-state index is -0.974. The largest absolute Gasteiger partial charge is 0.493 e. The zero-order valence-corrected chi connectivity index (χ0v) is 20.2. The summed E-state index contributed by atoms with van der Waals surface area (Å²) in [5.41, 5.74) is 5.19. The molecule has 1 aromatic heterocycles. The van der Waals surface area contributed by atoms with Gasteiger partial charge in [0, 0.05) is 24.3 Å². The zero-order chi connectivity index (χ0) is 25.2. The first-order valence-corrected chi connectivity index (χ1v) is 11.8. The van der Waals surface area contributed by atoms with Crippen LogP contribution in [0.5, 0.6) is 11.5 Å². The summed E-state index contributed by atoms with van der Waals surface area (Å²) >= 11 is 0. The van der Waals surface area contributed by atoms with E-state index in [2.05, 4.69) is 6.08 Å². The SMILES string of the molecule is COc1ccc(/C2=C/C=C\CCc3cc(C(=O)N4CCc5ccc(C(=O)O)cc5C4)nn32)cc1OC. The monoisotopic (exact) mass is 485 g/mol. The summed E-state index contributed by atoms with van der Waals surface area (Å²) in [6.45, 7) is 0.914. The summed E-state index contributed by atoms with van der Waals surface area (Å²) in [6.07, 6.45) is 8.33. The summed E-state index contributed by atoms with van der Waals surface area (Å²) in [4.78, 5) is 26.6. The maximum atomic E-state index is 13.5. The summed E-state index contributed by atoms with van der Waals surface area (Å²) in [7, 11) is 3.20. The molecular formula is C28H27N3O5. The van der Waals surface area contributed by atoms with E-state index in [1.807, 2.05) is 47.2 Å². The molecule has 0 bridgehead atoms. The summed E-state index contributed by atoms with van der Waals surface area (Å²) in [6, 6.07) is 12.7. The van der Waals surface area contributed by atoms with Crippen molar-refractivity contribution in [2.75, 3.05) is 20.8 Å². The molecule has 0 atom stereocenters. The van der Waals surface area contributed by atoms with Gasteiger partial charge < -0.3 is 19.5 Å². The first kappa shape index (κ1) is 23.4. The summed E-state index contributed by atoms with van der Waals surface area (Å²) < 4.78 is 12.7. The molecule has 8 heteroatoms. The van der Waals surface area contributed by atoms with Gasteiger partial charge in [0.2, 0.25) is 0 Å². The molecule has 3 heterocycles. The molecule has 0 fully saturated rings. The van der Waals surface area contributed by atoms with Crippen molar-refractivity contribution >= 4 is 17.6 Å². The Morgan fingerprint density at radius 3 is 2.58 bits per heavy atom. The topological polar surface area (TPSA) is 93.9 Å². The molecule has 36 heavy (non-hydrogen) atoms. The van der Waals surface area contributed by atoms with Crippen LogP contribution in [-0.2, 0) is 19.4 Å². The Bertz CT molecular complexity index is 1400. The highest BCUT2D eigenvalue weighted by Crippen LogP contribution is 2.32. The Kier molecular flexibility index (Phi) is 6.33. The van der Waals surface area contributed by atoms with E-state index in [1.165, 1.54) is 0 Å². The van der Waals surface area contributed by atoms with Crippen LogP contribution >= 0.6 is 0 Å². The number of carbonyl (C=O) groups is 2. The highest BCUT2D eigenvalue weighted by atomic mass is 16.5. The van der Waals surface area contributed by atoms with Gasteiger partial charge in [-0.25, -0.2) is 9.48 Å². The number of aromatic carboxylic acids is 1. The molecular weight excluding hydrogens is 458 g/mol. The molecule has 3 aromatic rings. The molecule has 2 aliphatic heterocycles. The minimum absolute atomic E-state index is 0.166. The van der Waals surface area contributed by atoms with Crippen LogP contribution in [0.3, 0.4) is 0 Å². The van der Waals surface area contributed by atoms with E-state index in [0.29, 0.717) is 36.7 Å². The molecule has 8 nitrogen and oxygen atoms in total. The Morgan fingerprint density at radius 1 is 0.972 bits per heavy atom. The number of rotatable bonds is 5. The number of ether oxygens (including phenoxy) is 2. The fraction of sp³-hybridized carbons (Fsp3) is 0.250. The number of carbonyl (C=O) groups excluding carboxylic acids is 1. The lowest BCUT2D eigenvalue weighted by Crippen LogP contribution is -2.36. The van der Waals surface area contributed by atoms with Gasteiger partial charge >= 0.3 is 5.97 Å². The van der Waals surface area contributed by atoms with E-state index in [0.717, 1.165) is 40.9 Å². The summed E-state index contributed by atoms with van der Waals surface area (Å²) in [5.74, 6) is 0.106. The Hall–Kier alpha value is -4.33. The summed E-state index contributed by atoms with van der Waals surface area (Å²) in [5, 5.41) is 14.1. The van der Waals surface area contributed by atoms with Crippen LogP contribution in [0.25, 0.3) is 5.70 Å². The molecule has 184 valence electrons. The molecule has 0 saturated heterocycles. The van der Waals surface area contributed by atoms with Gasteiger partial charge in [-0.2, -0.15) is 5.10 Å². The maximum Gasteiger partial charge on any atom is 0.335 e. The number of fused-ring (bicyclic) bond motifs is 2. The number of aromatic nitrogens is 2. The van der Waals surface area contributed by atoms with Gasteiger partial charge in [-0.05, 0) is 72.9 Å². The smallest absolute Gasteiger partial charge is 0.335 e. The Morgan fingerprint density at radius 2 is 1.81 bits per heavy atom. The molecule has 0 radical (unpaired) electrons. The van der Waals surface area contributed by atoms with E-state index in [4.69, 9.17) is 14.6 Å². The van der Waals surface area contributed by atoms with Crippen molar-refractivity contribution in [1.82, 2.24) is 14.7 Å². The van der Waals surface area contributed by atoms with Crippen LogP contribution in [0, 0.1) is 0 Å². The van der Waals surface area contributed by atoms with Gasteiger partial charge in [-0.15, -0.1) is 0 Å². The maximum absolute atomic E-state index is 13.5. The molecule has 2 aromatic carbocycles. The second-order valence-corrected chi connectivity index (χ2v) is 8.79. The van der Waals surface area contributed by atoms with Crippen LogP contribution in [0.2, 0.25) is 0 Å². The third-order valence-corrected chi connectivity index (χ3v) is 6.62. The van der Waals surface area contributed by atoms with Gasteiger partial charge in [0.15, 0.2) is 17.2 Å². The molecule has 0 saturated carbocycles. The number of carboxylic acid groups (broad SMARTS) is 1. The van der Waals surface area contributed by atoms with Gasteiger partial charge in [0.1, 0.15) is 0 Å². The van der Waals surface area contributed by atoms with Crippen molar-refractivity contribution in [2.45, 2.75) is 25.8 Å². The average molecular weight is 486 g/mol. The van der Waals surface area contributed by atoms with E-state index in [1.54, 1.807) is 31.3 Å². The first-order chi connectivity index (χ1) is 17.5. The second-order valence-electron chi connectivity index (χ2n) is 8.79. The van der Waals surface area contributed by atoms with Crippen molar-refractivity contribution in [3.63, 3.8) is 0 Å². The number of aryl methyl sites for hydroxylation is 1. The number of hydrogen-bond acceptors (Lipinski definition) is 5. The van der Waals surface area contributed by atoms with Crippen molar-refractivity contribution in [3.8, 4) is 11.5 Å². The molecule has 1 N–H and O–H groups in total. The molecule has 1 amide bonds. The lowest BCUT2D eigenvalue weighted by molar-refractivity contribution is 0.0696. The fourth-order valence-corrected chi connectivity index (χ4v) is 4.71. The van der Waals surface area contributed by atoms with Gasteiger partial charge in [0.05, 0.1) is 25.5 Å². The predicted molar refractivity (Wildman–Crippen MR) is 134 cm³/mol. The van der Waals surface area contributed by atoms with E-state index < -0.39 is 5.97 Å².